The summed E-state index contributed by atoms with van der Waals surface area (Å²) < 4.78 is 5.31. The van der Waals surface area contributed by atoms with Gasteiger partial charge in [0, 0.05) is 18.2 Å². The molecule has 0 radical (unpaired) electrons. The number of benzene rings is 1. The van der Waals surface area contributed by atoms with Crippen molar-refractivity contribution in [2.45, 2.75) is 50.5 Å². The number of thiazole rings is 1. The van der Waals surface area contributed by atoms with E-state index in [2.05, 4.69) is 23.2 Å². The van der Waals surface area contributed by atoms with Crippen molar-refractivity contribution in [2.75, 3.05) is 13.7 Å². The van der Waals surface area contributed by atoms with Crippen molar-refractivity contribution >= 4 is 23.2 Å². The Morgan fingerprint density at radius 2 is 2.00 bits per heavy atom. The van der Waals surface area contributed by atoms with Crippen molar-refractivity contribution in [3.8, 4) is 16.2 Å². The lowest BCUT2D eigenvalue weighted by molar-refractivity contribution is -0.136. The summed E-state index contributed by atoms with van der Waals surface area (Å²) in [7, 11) is 1.67. The summed E-state index contributed by atoms with van der Waals surface area (Å²) in [5.74, 6) is 0.324. The molecule has 7 nitrogen and oxygen atoms in total. The van der Waals surface area contributed by atoms with Gasteiger partial charge in [-0.05, 0) is 68.0 Å². The molecule has 2 aromatic heterocycles. The summed E-state index contributed by atoms with van der Waals surface area (Å²) >= 11 is 1.53. The van der Waals surface area contributed by atoms with E-state index in [-0.39, 0.29) is 17.7 Å². The van der Waals surface area contributed by atoms with Crippen LogP contribution in [0.3, 0.4) is 0 Å². The number of likely N-dealkylation sites (tertiary alicyclic amines) is 1. The van der Waals surface area contributed by atoms with Gasteiger partial charge in [0.15, 0.2) is 0 Å². The molecule has 1 aromatic carbocycles. The zero-order chi connectivity index (χ0) is 23.9. The lowest BCUT2D eigenvalue weighted by Crippen LogP contribution is -2.44. The van der Waals surface area contributed by atoms with Gasteiger partial charge in [-0.15, -0.1) is 11.3 Å². The minimum Gasteiger partial charge on any atom is -0.497 e. The van der Waals surface area contributed by atoms with Crippen molar-refractivity contribution in [2.24, 2.45) is 5.73 Å². The number of hydrogen-bond donors (Lipinski definition) is 1. The van der Waals surface area contributed by atoms with Crippen LogP contribution in [-0.2, 0) is 21.4 Å². The zero-order valence-corrected chi connectivity index (χ0v) is 20.2. The largest absolute Gasteiger partial charge is 0.497 e. The van der Waals surface area contributed by atoms with Gasteiger partial charge < -0.3 is 15.4 Å². The fraction of sp³-hybridized carbons (Fsp3) is 0.385. The highest BCUT2D eigenvalue weighted by molar-refractivity contribution is 7.15. The van der Waals surface area contributed by atoms with E-state index in [0.29, 0.717) is 13.0 Å². The Balaban J connectivity index is 1.38. The number of pyridine rings is 1. The van der Waals surface area contributed by atoms with Crippen LogP contribution in [0.4, 0.5) is 0 Å². The summed E-state index contributed by atoms with van der Waals surface area (Å²) in [5.41, 5.74) is 9.69. The number of amides is 2. The molecule has 2 N–H and O–H groups in total. The van der Waals surface area contributed by atoms with Gasteiger partial charge in [-0.1, -0.05) is 12.1 Å². The molecule has 2 amide bonds. The number of nitrogens with zero attached hydrogens (tertiary/aromatic N) is 3. The van der Waals surface area contributed by atoms with Crippen molar-refractivity contribution in [1.82, 2.24) is 14.9 Å². The Kier molecular flexibility index (Phi) is 5.85. The van der Waals surface area contributed by atoms with Gasteiger partial charge in [0.2, 0.25) is 11.8 Å². The monoisotopic (exact) mass is 476 g/mol. The Bertz CT molecular complexity index is 1230. The maximum Gasteiger partial charge on any atom is 0.240 e. The van der Waals surface area contributed by atoms with Crippen molar-refractivity contribution < 1.29 is 14.3 Å². The number of carbonyl (C=O) groups excluding carboxylic acids is 2. The SMILES string of the molecule is COc1ccc(C2(c3cc(-c4sc(CC(=O)N5CCC[C@H]5C(N)=O)nc4C)ccn3)CC2)cc1. The van der Waals surface area contributed by atoms with Gasteiger partial charge >= 0.3 is 0 Å². The molecule has 0 spiro atoms. The third-order valence-corrected chi connectivity index (χ3v) is 8.16. The van der Waals surface area contributed by atoms with E-state index in [1.807, 2.05) is 31.3 Å². The number of primary amides is 1. The number of ether oxygens (including phenoxy) is 1. The van der Waals surface area contributed by atoms with Crippen LogP contribution >= 0.6 is 11.3 Å². The lowest BCUT2D eigenvalue weighted by atomic mass is 9.91. The molecule has 1 aliphatic carbocycles. The molecule has 176 valence electrons. The molecule has 8 heteroatoms. The minimum atomic E-state index is -0.497. The predicted octanol–water partition coefficient (Wildman–Crippen LogP) is 3.62. The van der Waals surface area contributed by atoms with Crippen LogP contribution in [0.1, 0.15) is 47.6 Å². The fourth-order valence-electron chi connectivity index (χ4n) is 4.95. The minimum absolute atomic E-state index is 0.0564. The molecule has 3 heterocycles. The molecule has 34 heavy (non-hydrogen) atoms. The first-order chi connectivity index (χ1) is 16.4. The predicted molar refractivity (Wildman–Crippen MR) is 131 cm³/mol. The standard InChI is InChI=1S/C26H28N4O3S/c1-16-24(34-22(29-16)15-23(31)30-13-3-4-20(30)25(27)32)17-9-12-28-21(14-17)26(10-11-26)18-5-7-19(33-2)8-6-18/h5-9,12,14,20H,3-4,10-11,13,15H2,1-2H3,(H2,27,32)/t20-/m0/s1. The highest BCUT2D eigenvalue weighted by Crippen LogP contribution is 2.53. The average molecular weight is 477 g/mol. The Morgan fingerprint density at radius 1 is 1.24 bits per heavy atom. The normalized spacial score (nSPS) is 18.6. The maximum absolute atomic E-state index is 12.8. The smallest absolute Gasteiger partial charge is 0.240 e. The summed E-state index contributed by atoms with van der Waals surface area (Å²) in [5, 5.41) is 0.752. The molecule has 0 bridgehead atoms. The van der Waals surface area contributed by atoms with Crippen LogP contribution in [0.15, 0.2) is 42.6 Å². The molecule has 1 atom stereocenters. The highest BCUT2D eigenvalue weighted by Gasteiger charge is 2.47. The number of aryl methyl sites for hydroxylation is 1. The molecule has 1 aliphatic heterocycles. The van der Waals surface area contributed by atoms with Crippen molar-refractivity contribution in [3.63, 3.8) is 0 Å². The highest BCUT2D eigenvalue weighted by atomic mass is 32.1. The van der Waals surface area contributed by atoms with Crippen LogP contribution in [0.25, 0.3) is 10.4 Å². The van der Waals surface area contributed by atoms with Gasteiger partial charge in [-0.25, -0.2) is 4.98 Å². The lowest BCUT2D eigenvalue weighted by Gasteiger charge is -2.21. The number of carbonyl (C=O) groups is 2. The Hall–Kier alpha value is -3.26. The summed E-state index contributed by atoms with van der Waals surface area (Å²) in [6, 6.07) is 11.9. The van der Waals surface area contributed by atoms with Crippen LogP contribution in [-0.4, -0.2) is 46.4 Å². The van der Waals surface area contributed by atoms with Crippen LogP contribution in [0, 0.1) is 6.92 Å². The molecular weight excluding hydrogens is 448 g/mol. The second-order valence-electron chi connectivity index (χ2n) is 9.09. The zero-order valence-electron chi connectivity index (χ0n) is 19.4. The Labute approximate surface area is 203 Å². The van der Waals surface area contributed by atoms with Crippen molar-refractivity contribution in [1.29, 1.82) is 0 Å². The van der Waals surface area contributed by atoms with Gasteiger partial charge in [-0.3, -0.25) is 14.6 Å². The van der Waals surface area contributed by atoms with Gasteiger partial charge in [0.25, 0.3) is 0 Å². The van der Waals surface area contributed by atoms with Gasteiger partial charge in [0.05, 0.1) is 29.8 Å². The van der Waals surface area contributed by atoms with E-state index >= 15 is 0 Å². The quantitative estimate of drug-likeness (QED) is 0.562. The second kappa shape index (κ2) is 8.83. The average Bonchev–Trinajstić information content (AvgIpc) is 3.34. The van der Waals surface area contributed by atoms with Crippen LogP contribution < -0.4 is 10.5 Å². The topological polar surface area (TPSA) is 98.4 Å². The molecule has 2 fully saturated rings. The molecule has 1 saturated carbocycles. The first-order valence-electron chi connectivity index (χ1n) is 11.6. The van der Waals surface area contributed by atoms with E-state index in [9.17, 15) is 9.59 Å². The van der Waals surface area contributed by atoms with Gasteiger partial charge in [0.1, 0.15) is 16.8 Å². The molecular formula is C26H28N4O3S. The van der Waals surface area contributed by atoms with Crippen LogP contribution in [0.5, 0.6) is 5.75 Å². The second-order valence-corrected chi connectivity index (χ2v) is 10.2. The fourth-order valence-corrected chi connectivity index (χ4v) is 6.00. The third-order valence-electron chi connectivity index (χ3n) is 6.95. The number of methoxy groups -OCH3 is 1. The molecule has 1 saturated heterocycles. The van der Waals surface area contributed by atoms with E-state index in [0.717, 1.165) is 51.8 Å². The number of nitrogens with two attached hydrogens (primary N) is 1. The number of aromatic nitrogens is 2. The van der Waals surface area contributed by atoms with E-state index in [1.54, 1.807) is 12.0 Å². The molecule has 2 aliphatic rings. The Morgan fingerprint density at radius 3 is 2.68 bits per heavy atom. The summed E-state index contributed by atoms with van der Waals surface area (Å²) in [6.07, 6.45) is 5.61. The first-order valence-corrected chi connectivity index (χ1v) is 12.4. The van der Waals surface area contributed by atoms with E-state index in [1.165, 1.54) is 16.9 Å². The van der Waals surface area contributed by atoms with Gasteiger partial charge in [-0.2, -0.15) is 0 Å². The molecule has 3 aromatic rings. The summed E-state index contributed by atoms with van der Waals surface area (Å²) in [4.78, 5) is 36.6. The van der Waals surface area contributed by atoms with Crippen LogP contribution in [0.2, 0.25) is 0 Å². The molecule has 5 rings (SSSR count). The van der Waals surface area contributed by atoms with E-state index in [4.69, 9.17) is 15.5 Å². The summed E-state index contributed by atoms with van der Waals surface area (Å²) in [6.45, 7) is 2.54. The molecule has 0 unspecified atom stereocenters. The number of hydrogen-bond acceptors (Lipinski definition) is 6. The first kappa shape index (κ1) is 22.5. The van der Waals surface area contributed by atoms with Crippen molar-refractivity contribution in [3.05, 3.63) is 64.6 Å². The number of rotatable bonds is 7. The maximum atomic E-state index is 12.8. The van der Waals surface area contributed by atoms with E-state index < -0.39 is 11.9 Å². The third kappa shape index (κ3) is 4.07.